The van der Waals surface area contributed by atoms with Crippen LogP contribution in [0.15, 0.2) is 36.7 Å². The second kappa shape index (κ2) is 5.59. The van der Waals surface area contributed by atoms with Crippen molar-refractivity contribution in [3.8, 4) is 0 Å². The van der Waals surface area contributed by atoms with Crippen molar-refractivity contribution < 1.29 is 4.79 Å². The zero-order valence-corrected chi connectivity index (χ0v) is 11.7. The first-order valence-electron chi connectivity index (χ1n) is 7.04. The van der Waals surface area contributed by atoms with Crippen LogP contribution < -0.4 is 0 Å². The van der Waals surface area contributed by atoms with Crippen LogP contribution in [0.2, 0.25) is 0 Å². The topological polar surface area (TPSA) is 38.1 Å². The predicted octanol–water partition coefficient (Wildman–Crippen LogP) is 2.28. The number of aryl methyl sites for hydroxylation is 1. The Labute approximate surface area is 119 Å². The Morgan fingerprint density at radius 3 is 2.85 bits per heavy atom. The van der Waals surface area contributed by atoms with Gasteiger partial charge in [0.2, 0.25) is 0 Å². The van der Waals surface area contributed by atoms with Gasteiger partial charge in [0, 0.05) is 44.0 Å². The number of nitrogens with zero attached hydrogens (tertiary/aromatic N) is 3. The van der Waals surface area contributed by atoms with Gasteiger partial charge in [0.1, 0.15) is 5.82 Å². The van der Waals surface area contributed by atoms with E-state index in [0.717, 1.165) is 37.6 Å². The number of hydrogen-bond acceptors (Lipinski definition) is 3. The third-order valence-corrected chi connectivity index (χ3v) is 3.85. The summed E-state index contributed by atoms with van der Waals surface area (Å²) in [5, 5.41) is 0. The maximum atomic E-state index is 12.1. The number of aromatic nitrogens is 2. The van der Waals surface area contributed by atoms with Crippen LogP contribution in [0.25, 0.3) is 0 Å². The van der Waals surface area contributed by atoms with E-state index < -0.39 is 0 Å². The summed E-state index contributed by atoms with van der Waals surface area (Å²) in [6.45, 7) is 5.64. The number of imidazole rings is 1. The second-order valence-corrected chi connectivity index (χ2v) is 5.35. The lowest BCUT2D eigenvalue weighted by molar-refractivity contribution is 0.0955. The molecule has 0 spiro atoms. The molecule has 0 radical (unpaired) electrons. The number of rotatable bonds is 4. The monoisotopic (exact) mass is 269 g/mol. The molecule has 0 unspecified atom stereocenters. The number of carbonyl (C=O) groups excluding carboxylic acids is 1. The number of carbonyl (C=O) groups is 1. The molecule has 20 heavy (non-hydrogen) atoms. The molecule has 104 valence electrons. The second-order valence-electron chi connectivity index (χ2n) is 5.35. The van der Waals surface area contributed by atoms with Crippen LogP contribution >= 0.6 is 0 Å². The van der Waals surface area contributed by atoms with Crippen molar-refractivity contribution in [3.05, 3.63) is 53.6 Å². The van der Waals surface area contributed by atoms with E-state index in [0.29, 0.717) is 6.42 Å². The van der Waals surface area contributed by atoms with Crippen molar-refractivity contribution in [2.24, 2.45) is 0 Å². The summed E-state index contributed by atoms with van der Waals surface area (Å²) in [5.74, 6) is 1.32. The normalized spacial score (nSPS) is 15.1. The highest BCUT2D eigenvalue weighted by atomic mass is 16.1. The molecular formula is C16H19N3O. The summed E-state index contributed by atoms with van der Waals surface area (Å²) < 4.78 is 2.18. The van der Waals surface area contributed by atoms with E-state index in [2.05, 4.69) is 14.5 Å². The van der Waals surface area contributed by atoms with E-state index in [1.54, 1.807) is 0 Å². The van der Waals surface area contributed by atoms with Crippen molar-refractivity contribution in [2.75, 3.05) is 13.1 Å². The molecule has 2 heterocycles. The third-order valence-electron chi connectivity index (χ3n) is 3.85. The Morgan fingerprint density at radius 2 is 2.05 bits per heavy atom. The fourth-order valence-electron chi connectivity index (χ4n) is 2.56. The maximum Gasteiger partial charge on any atom is 0.164 e. The Kier molecular flexibility index (Phi) is 3.65. The summed E-state index contributed by atoms with van der Waals surface area (Å²) in [6.07, 6.45) is 4.43. The average Bonchev–Trinajstić information content (AvgIpc) is 2.93. The molecule has 4 nitrogen and oxygen atoms in total. The highest BCUT2D eigenvalue weighted by Crippen LogP contribution is 2.12. The number of hydrogen-bond donors (Lipinski definition) is 0. The molecule has 1 aliphatic heterocycles. The average molecular weight is 269 g/mol. The highest BCUT2D eigenvalue weighted by Gasteiger charge is 2.17. The van der Waals surface area contributed by atoms with Gasteiger partial charge in [-0.1, -0.05) is 29.8 Å². The Morgan fingerprint density at radius 1 is 1.25 bits per heavy atom. The zero-order chi connectivity index (χ0) is 13.9. The first-order chi connectivity index (χ1) is 9.72. The van der Waals surface area contributed by atoms with E-state index in [-0.39, 0.29) is 5.78 Å². The lowest BCUT2D eigenvalue weighted by Gasteiger charge is -2.27. The predicted molar refractivity (Wildman–Crippen MR) is 77.6 cm³/mol. The van der Waals surface area contributed by atoms with Crippen LogP contribution in [-0.4, -0.2) is 33.3 Å². The molecule has 1 aromatic carbocycles. The number of fused-ring (bicyclic) bond motifs is 1. The summed E-state index contributed by atoms with van der Waals surface area (Å²) in [5.41, 5.74) is 2.00. The Bertz CT molecular complexity index is 600. The van der Waals surface area contributed by atoms with E-state index in [4.69, 9.17) is 0 Å². The molecule has 1 aromatic heterocycles. The van der Waals surface area contributed by atoms with Crippen LogP contribution in [0, 0.1) is 6.92 Å². The summed E-state index contributed by atoms with van der Waals surface area (Å²) in [7, 11) is 0. The van der Waals surface area contributed by atoms with Crippen molar-refractivity contribution in [3.63, 3.8) is 0 Å². The van der Waals surface area contributed by atoms with Gasteiger partial charge in [-0.25, -0.2) is 4.98 Å². The first-order valence-corrected chi connectivity index (χ1v) is 7.04. The van der Waals surface area contributed by atoms with Crippen LogP contribution in [0.4, 0.5) is 0 Å². The van der Waals surface area contributed by atoms with Crippen LogP contribution in [0.1, 0.15) is 28.2 Å². The minimum atomic E-state index is 0.221. The minimum Gasteiger partial charge on any atom is -0.333 e. The molecule has 0 N–H and O–H groups in total. The van der Waals surface area contributed by atoms with Gasteiger partial charge >= 0.3 is 0 Å². The zero-order valence-electron chi connectivity index (χ0n) is 11.7. The molecule has 3 rings (SSSR count). The standard InChI is InChI=1S/C16H19N3O/c1-13-2-4-14(5-3-13)15(20)6-8-18-10-11-19-9-7-17-16(19)12-18/h2-5,7,9H,6,8,10-12H2,1H3. The van der Waals surface area contributed by atoms with Gasteiger partial charge in [0.05, 0.1) is 6.54 Å². The number of Topliss-reactive ketones (excluding diaryl/α,β-unsaturated/α-hetero) is 1. The van der Waals surface area contributed by atoms with E-state index in [9.17, 15) is 4.79 Å². The molecule has 2 aromatic rings. The Hall–Kier alpha value is -1.94. The fraction of sp³-hybridized carbons (Fsp3) is 0.375. The van der Waals surface area contributed by atoms with Crippen LogP contribution in [0.3, 0.4) is 0 Å². The summed E-state index contributed by atoms with van der Waals surface area (Å²) >= 11 is 0. The van der Waals surface area contributed by atoms with Gasteiger partial charge in [-0.05, 0) is 6.92 Å². The van der Waals surface area contributed by atoms with Gasteiger partial charge < -0.3 is 4.57 Å². The molecule has 4 heteroatoms. The molecule has 0 saturated heterocycles. The molecule has 0 bridgehead atoms. The number of ketones is 1. The molecule has 0 aliphatic carbocycles. The van der Waals surface area contributed by atoms with E-state index in [1.807, 2.05) is 43.6 Å². The molecule has 0 atom stereocenters. The lowest BCUT2D eigenvalue weighted by Crippen LogP contribution is -2.35. The van der Waals surface area contributed by atoms with Gasteiger partial charge in [-0.2, -0.15) is 0 Å². The van der Waals surface area contributed by atoms with Crippen molar-refractivity contribution >= 4 is 5.78 Å². The SMILES string of the molecule is Cc1ccc(C(=O)CCN2CCn3ccnc3C2)cc1. The number of benzene rings is 1. The van der Waals surface area contributed by atoms with E-state index >= 15 is 0 Å². The first kappa shape index (κ1) is 13.1. The summed E-state index contributed by atoms with van der Waals surface area (Å²) in [4.78, 5) is 18.8. The molecular weight excluding hydrogens is 250 g/mol. The van der Waals surface area contributed by atoms with Crippen molar-refractivity contribution in [1.82, 2.24) is 14.5 Å². The van der Waals surface area contributed by atoms with Gasteiger partial charge in [-0.15, -0.1) is 0 Å². The maximum absolute atomic E-state index is 12.1. The van der Waals surface area contributed by atoms with Crippen LogP contribution in [0.5, 0.6) is 0 Å². The van der Waals surface area contributed by atoms with Crippen molar-refractivity contribution in [1.29, 1.82) is 0 Å². The van der Waals surface area contributed by atoms with E-state index in [1.165, 1.54) is 5.56 Å². The lowest BCUT2D eigenvalue weighted by atomic mass is 10.1. The molecule has 0 saturated carbocycles. The summed E-state index contributed by atoms with van der Waals surface area (Å²) in [6, 6.07) is 7.82. The molecule has 0 amide bonds. The highest BCUT2D eigenvalue weighted by molar-refractivity contribution is 5.96. The Balaban J connectivity index is 1.55. The molecule has 1 aliphatic rings. The quantitative estimate of drug-likeness (QED) is 0.799. The van der Waals surface area contributed by atoms with Gasteiger partial charge in [0.25, 0.3) is 0 Å². The van der Waals surface area contributed by atoms with Gasteiger partial charge in [0.15, 0.2) is 5.78 Å². The smallest absolute Gasteiger partial charge is 0.164 e. The van der Waals surface area contributed by atoms with Crippen molar-refractivity contribution in [2.45, 2.75) is 26.4 Å². The van der Waals surface area contributed by atoms with Crippen LogP contribution in [-0.2, 0) is 13.1 Å². The third kappa shape index (κ3) is 2.80. The fourth-order valence-corrected chi connectivity index (χ4v) is 2.56. The largest absolute Gasteiger partial charge is 0.333 e. The molecule has 0 fully saturated rings. The minimum absolute atomic E-state index is 0.221. The van der Waals surface area contributed by atoms with Gasteiger partial charge in [-0.3, -0.25) is 9.69 Å².